The van der Waals surface area contributed by atoms with Crippen molar-refractivity contribution in [3.8, 4) is 5.75 Å². The molecule has 1 amide bonds. The molecule has 3 fully saturated rings. The largest absolute Gasteiger partial charge is 0.493 e. The average molecular weight is 353 g/mol. The smallest absolute Gasteiger partial charge is 0.336 e. The third kappa shape index (κ3) is 2.61. The first-order valence-corrected chi connectivity index (χ1v) is 9.52. The van der Waals surface area contributed by atoms with E-state index < -0.39 is 0 Å². The van der Waals surface area contributed by atoms with Gasteiger partial charge in [0.2, 0.25) is 5.91 Å². The number of hydrogen-bond donors (Lipinski definition) is 0. The minimum atomic E-state index is -0.336. The van der Waals surface area contributed by atoms with Crippen LogP contribution in [0.5, 0.6) is 5.75 Å². The Kier molecular flexibility index (Phi) is 3.43. The SMILES string of the molecule is Cc1cc(=O)oc2cc(OCC3CCN(C(=O)C45CC4C5)CC3)ccc12. The first kappa shape index (κ1) is 15.9. The average Bonchev–Trinajstić information content (AvgIpc) is 3.50. The number of amides is 1. The number of fused-ring (bicyclic) bond motifs is 2. The summed E-state index contributed by atoms with van der Waals surface area (Å²) in [5.74, 6) is 2.31. The molecule has 26 heavy (non-hydrogen) atoms. The van der Waals surface area contributed by atoms with Crippen molar-refractivity contribution in [3.63, 3.8) is 0 Å². The molecule has 2 saturated carbocycles. The number of carbonyl (C=O) groups excluding carboxylic acids is 1. The lowest BCUT2D eigenvalue weighted by Gasteiger charge is -2.32. The fourth-order valence-corrected chi connectivity index (χ4v) is 4.28. The van der Waals surface area contributed by atoms with Gasteiger partial charge < -0.3 is 14.1 Å². The highest BCUT2D eigenvalue weighted by Crippen LogP contribution is 2.76. The highest BCUT2D eigenvalue weighted by Gasteiger charge is 2.75. The third-order valence-electron chi connectivity index (χ3n) is 6.42. The van der Waals surface area contributed by atoms with Crippen molar-refractivity contribution in [2.75, 3.05) is 19.7 Å². The summed E-state index contributed by atoms with van der Waals surface area (Å²) in [7, 11) is 0. The lowest BCUT2D eigenvalue weighted by Crippen LogP contribution is -2.41. The molecule has 0 bridgehead atoms. The third-order valence-corrected chi connectivity index (χ3v) is 6.42. The number of nitrogens with zero attached hydrogens (tertiary/aromatic N) is 1. The fraction of sp³-hybridized carbons (Fsp3) is 0.524. The molecule has 2 heterocycles. The van der Waals surface area contributed by atoms with Crippen molar-refractivity contribution in [2.24, 2.45) is 17.3 Å². The molecule has 1 saturated heterocycles. The number of likely N-dealkylation sites (tertiary alicyclic amines) is 1. The fourth-order valence-electron chi connectivity index (χ4n) is 4.28. The van der Waals surface area contributed by atoms with Crippen molar-refractivity contribution < 1.29 is 13.9 Å². The first-order valence-electron chi connectivity index (χ1n) is 9.52. The Labute approximate surface area is 151 Å². The van der Waals surface area contributed by atoms with Crippen molar-refractivity contribution >= 4 is 16.9 Å². The Hall–Kier alpha value is -2.30. The molecule has 0 spiro atoms. The molecule has 1 aromatic heterocycles. The van der Waals surface area contributed by atoms with Crippen LogP contribution in [-0.4, -0.2) is 30.5 Å². The normalized spacial score (nSPS) is 27.3. The summed E-state index contributed by atoms with van der Waals surface area (Å²) >= 11 is 0. The summed E-state index contributed by atoms with van der Waals surface area (Å²) in [6.45, 7) is 4.25. The van der Waals surface area contributed by atoms with Crippen LogP contribution in [0.2, 0.25) is 0 Å². The maximum absolute atomic E-state index is 12.4. The Morgan fingerprint density at radius 1 is 1.27 bits per heavy atom. The van der Waals surface area contributed by atoms with E-state index in [1.54, 1.807) is 6.07 Å². The highest BCUT2D eigenvalue weighted by molar-refractivity contribution is 5.90. The van der Waals surface area contributed by atoms with E-state index in [9.17, 15) is 9.59 Å². The second-order valence-corrected chi connectivity index (χ2v) is 8.21. The Bertz CT molecular complexity index is 933. The van der Waals surface area contributed by atoms with Gasteiger partial charge >= 0.3 is 5.63 Å². The number of ether oxygens (including phenoxy) is 1. The van der Waals surface area contributed by atoms with E-state index in [2.05, 4.69) is 4.90 Å². The number of benzene rings is 1. The van der Waals surface area contributed by atoms with Crippen LogP contribution in [0.3, 0.4) is 0 Å². The van der Waals surface area contributed by atoms with Gasteiger partial charge in [-0.15, -0.1) is 0 Å². The molecule has 5 heteroatoms. The van der Waals surface area contributed by atoms with Crippen LogP contribution < -0.4 is 10.4 Å². The zero-order valence-electron chi connectivity index (χ0n) is 15.0. The minimum absolute atomic E-state index is 0.0937. The van der Waals surface area contributed by atoms with Gasteiger partial charge in [-0.2, -0.15) is 0 Å². The predicted octanol–water partition coefficient (Wildman–Crippen LogP) is 3.13. The van der Waals surface area contributed by atoms with Gasteiger partial charge in [0, 0.05) is 30.6 Å². The van der Waals surface area contributed by atoms with E-state index in [0.717, 1.165) is 55.5 Å². The van der Waals surface area contributed by atoms with Gasteiger partial charge in [0.05, 0.1) is 12.0 Å². The standard InChI is InChI=1S/C21H23NO4/c1-13-8-19(23)26-18-9-16(2-3-17(13)18)25-12-14-4-6-22(7-5-14)20(24)21-10-15(21)11-21/h2-3,8-9,14-15H,4-7,10-12H2,1H3. The van der Waals surface area contributed by atoms with Crippen molar-refractivity contribution in [1.29, 1.82) is 0 Å². The molecule has 1 aromatic carbocycles. The van der Waals surface area contributed by atoms with Crippen molar-refractivity contribution in [2.45, 2.75) is 32.6 Å². The molecule has 0 radical (unpaired) electrons. The quantitative estimate of drug-likeness (QED) is 0.793. The van der Waals surface area contributed by atoms with Crippen LogP contribution in [0.4, 0.5) is 0 Å². The first-order chi connectivity index (χ1) is 12.5. The number of aryl methyl sites for hydroxylation is 1. The topological polar surface area (TPSA) is 59.8 Å². The van der Waals surface area contributed by atoms with Crippen LogP contribution in [-0.2, 0) is 4.79 Å². The van der Waals surface area contributed by atoms with Crippen molar-refractivity contribution in [3.05, 3.63) is 40.2 Å². The van der Waals surface area contributed by atoms with Crippen LogP contribution in [0, 0.1) is 24.2 Å². The van der Waals surface area contributed by atoms with Gasteiger partial charge in [0.25, 0.3) is 0 Å². The number of rotatable bonds is 4. The maximum atomic E-state index is 12.4. The molecule has 0 N–H and O–H groups in total. The summed E-state index contributed by atoms with van der Waals surface area (Å²) in [6.07, 6.45) is 4.25. The molecule has 2 aliphatic carbocycles. The van der Waals surface area contributed by atoms with E-state index >= 15 is 0 Å². The summed E-state index contributed by atoms with van der Waals surface area (Å²) < 4.78 is 11.2. The molecule has 2 aromatic rings. The Morgan fingerprint density at radius 2 is 2.00 bits per heavy atom. The number of piperidine rings is 1. The van der Waals surface area contributed by atoms with E-state index in [0.29, 0.717) is 29.9 Å². The summed E-state index contributed by atoms with van der Waals surface area (Å²) in [4.78, 5) is 26.1. The second-order valence-electron chi connectivity index (χ2n) is 8.21. The van der Waals surface area contributed by atoms with Gasteiger partial charge in [-0.1, -0.05) is 0 Å². The van der Waals surface area contributed by atoms with Crippen LogP contribution in [0.25, 0.3) is 11.0 Å². The van der Waals surface area contributed by atoms with E-state index in [-0.39, 0.29) is 11.0 Å². The van der Waals surface area contributed by atoms with Crippen LogP contribution >= 0.6 is 0 Å². The molecule has 5 nitrogen and oxygen atoms in total. The minimum Gasteiger partial charge on any atom is -0.493 e. The zero-order valence-corrected chi connectivity index (χ0v) is 15.0. The maximum Gasteiger partial charge on any atom is 0.336 e. The highest BCUT2D eigenvalue weighted by atomic mass is 16.5. The molecule has 136 valence electrons. The van der Waals surface area contributed by atoms with E-state index in [1.165, 1.54) is 6.07 Å². The van der Waals surface area contributed by atoms with Gasteiger partial charge in [-0.25, -0.2) is 4.79 Å². The van der Waals surface area contributed by atoms with Crippen LogP contribution in [0.1, 0.15) is 31.2 Å². The molecule has 0 unspecified atom stereocenters. The predicted molar refractivity (Wildman–Crippen MR) is 97.2 cm³/mol. The summed E-state index contributed by atoms with van der Waals surface area (Å²) in [6, 6.07) is 7.16. The van der Waals surface area contributed by atoms with Crippen molar-refractivity contribution in [1.82, 2.24) is 4.90 Å². The number of carbonyl (C=O) groups is 1. The van der Waals surface area contributed by atoms with Gasteiger partial charge in [0.15, 0.2) is 0 Å². The number of hydrogen-bond acceptors (Lipinski definition) is 4. The molecular formula is C21H23NO4. The lowest BCUT2D eigenvalue weighted by molar-refractivity contribution is -0.136. The molecule has 3 aliphatic rings. The molecular weight excluding hydrogens is 330 g/mol. The van der Waals surface area contributed by atoms with Gasteiger partial charge in [-0.05, 0) is 62.1 Å². The van der Waals surface area contributed by atoms with Gasteiger partial charge in [-0.3, -0.25) is 4.79 Å². The second kappa shape index (κ2) is 5.60. The lowest BCUT2D eigenvalue weighted by atomic mass is 9.97. The van der Waals surface area contributed by atoms with Crippen LogP contribution in [0.15, 0.2) is 33.5 Å². The molecule has 5 rings (SSSR count). The summed E-state index contributed by atoms with van der Waals surface area (Å²) in [5, 5.41) is 0.932. The van der Waals surface area contributed by atoms with E-state index in [4.69, 9.17) is 9.15 Å². The molecule has 1 aliphatic heterocycles. The van der Waals surface area contributed by atoms with E-state index in [1.807, 2.05) is 19.1 Å². The Balaban J connectivity index is 1.18. The monoisotopic (exact) mass is 353 g/mol. The van der Waals surface area contributed by atoms with Gasteiger partial charge in [0.1, 0.15) is 11.3 Å². The molecule has 0 atom stereocenters. The summed E-state index contributed by atoms with van der Waals surface area (Å²) in [5.41, 5.74) is 1.23. The Morgan fingerprint density at radius 3 is 2.69 bits per heavy atom. The zero-order chi connectivity index (χ0) is 17.9.